The van der Waals surface area contributed by atoms with E-state index in [0.717, 1.165) is 38.9 Å². The summed E-state index contributed by atoms with van der Waals surface area (Å²) < 4.78 is 0. The van der Waals surface area contributed by atoms with E-state index in [2.05, 4.69) is 12.2 Å². The molecule has 0 radical (unpaired) electrons. The van der Waals surface area contributed by atoms with Crippen molar-refractivity contribution in [3.05, 3.63) is 0 Å². The number of aliphatic hydroxyl groups excluding tert-OH is 1. The molecule has 0 spiro atoms. The number of aliphatic hydroxyl groups is 1. The number of nitrogens with zero attached hydrogens (tertiary/aromatic N) is 1. The lowest BCUT2D eigenvalue weighted by Crippen LogP contribution is -2.34. The normalized spacial score (nSPS) is 19.5. The summed E-state index contributed by atoms with van der Waals surface area (Å²) in [5.41, 5.74) is 0. The van der Waals surface area contributed by atoms with Gasteiger partial charge in [-0.1, -0.05) is 13.3 Å². The first-order valence-corrected chi connectivity index (χ1v) is 6.87. The molecule has 4 nitrogen and oxygen atoms in total. The van der Waals surface area contributed by atoms with E-state index >= 15 is 0 Å². The Kier molecular flexibility index (Phi) is 7.21. The van der Waals surface area contributed by atoms with E-state index in [0.29, 0.717) is 18.9 Å². The van der Waals surface area contributed by atoms with Crippen molar-refractivity contribution >= 4 is 5.91 Å². The first kappa shape index (κ1) is 14.5. The highest BCUT2D eigenvalue weighted by molar-refractivity contribution is 5.76. The maximum Gasteiger partial charge on any atom is 0.222 e. The molecule has 0 aliphatic carbocycles. The van der Waals surface area contributed by atoms with Crippen LogP contribution in [0.5, 0.6) is 0 Å². The first-order valence-electron chi connectivity index (χ1n) is 6.87. The van der Waals surface area contributed by atoms with Gasteiger partial charge in [-0.15, -0.1) is 0 Å². The van der Waals surface area contributed by atoms with Gasteiger partial charge in [0.1, 0.15) is 0 Å². The van der Waals surface area contributed by atoms with Crippen molar-refractivity contribution in [2.45, 2.75) is 39.0 Å². The fourth-order valence-corrected chi connectivity index (χ4v) is 2.28. The van der Waals surface area contributed by atoms with Gasteiger partial charge in [-0.25, -0.2) is 0 Å². The smallest absolute Gasteiger partial charge is 0.222 e. The zero-order chi connectivity index (χ0) is 12.5. The van der Waals surface area contributed by atoms with E-state index in [9.17, 15) is 4.79 Å². The van der Waals surface area contributed by atoms with Crippen LogP contribution in [0.4, 0.5) is 0 Å². The molecule has 1 aliphatic rings. The highest BCUT2D eigenvalue weighted by atomic mass is 16.3. The van der Waals surface area contributed by atoms with Crippen LogP contribution in [0.3, 0.4) is 0 Å². The molecule has 0 bridgehead atoms. The van der Waals surface area contributed by atoms with Gasteiger partial charge in [-0.3, -0.25) is 4.79 Å². The summed E-state index contributed by atoms with van der Waals surface area (Å²) >= 11 is 0. The molecule has 1 amide bonds. The van der Waals surface area contributed by atoms with Crippen molar-refractivity contribution in [2.75, 3.05) is 32.8 Å². The average Bonchev–Trinajstić information content (AvgIpc) is 2.84. The molecule has 17 heavy (non-hydrogen) atoms. The van der Waals surface area contributed by atoms with Crippen LogP contribution in [0.1, 0.15) is 39.0 Å². The van der Waals surface area contributed by atoms with Gasteiger partial charge in [0.05, 0.1) is 6.61 Å². The van der Waals surface area contributed by atoms with Crippen molar-refractivity contribution in [2.24, 2.45) is 5.92 Å². The zero-order valence-corrected chi connectivity index (χ0v) is 11.0. The van der Waals surface area contributed by atoms with Gasteiger partial charge in [-0.05, 0) is 38.3 Å². The number of carbonyl (C=O) groups is 1. The van der Waals surface area contributed by atoms with Crippen LogP contribution in [0, 0.1) is 5.92 Å². The Morgan fingerprint density at radius 1 is 1.47 bits per heavy atom. The number of unbranched alkanes of at least 4 members (excludes halogenated alkanes) is 1. The van der Waals surface area contributed by atoms with Gasteiger partial charge < -0.3 is 15.3 Å². The number of hydrogen-bond donors (Lipinski definition) is 2. The lowest BCUT2D eigenvalue weighted by atomic mass is 10.0. The molecule has 1 fully saturated rings. The summed E-state index contributed by atoms with van der Waals surface area (Å²) in [5, 5.41) is 12.3. The van der Waals surface area contributed by atoms with E-state index in [1.807, 2.05) is 4.90 Å². The Labute approximate surface area is 104 Å². The first-order chi connectivity index (χ1) is 8.27. The second-order valence-corrected chi connectivity index (χ2v) is 4.86. The van der Waals surface area contributed by atoms with Crippen LogP contribution in [0.25, 0.3) is 0 Å². The Hall–Kier alpha value is -0.610. The number of hydrogen-bond acceptors (Lipinski definition) is 3. The van der Waals surface area contributed by atoms with Crippen molar-refractivity contribution < 1.29 is 9.90 Å². The number of rotatable bonds is 8. The SMILES string of the molecule is CCCCN(CCO)C(=O)CCC1CCNC1. The predicted molar refractivity (Wildman–Crippen MR) is 68.8 cm³/mol. The monoisotopic (exact) mass is 242 g/mol. The molecule has 0 aromatic rings. The molecule has 1 aliphatic heterocycles. The summed E-state index contributed by atoms with van der Waals surface area (Å²) in [6.07, 6.45) is 4.93. The molecular weight excluding hydrogens is 216 g/mol. The predicted octanol–water partition coefficient (Wildman–Crippen LogP) is 0.997. The average molecular weight is 242 g/mol. The van der Waals surface area contributed by atoms with Crippen molar-refractivity contribution in [1.82, 2.24) is 10.2 Å². The van der Waals surface area contributed by atoms with Gasteiger partial charge in [0.25, 0.3) is 0 Å². The van der Waals surface area contributed by atoms with Gasteiger partial charge in [0.15, 0.2) is 0 Å². The highest BCUT2D eigenvalue weighted by Gasteiger charge is 2.18. The van der Waals surface area contributed by atoms with E-state index < -0.39 is 0 Å². The summed E-state index contributed by atoms with van der Waals surface area (Å²) in [6, 6.07) is 0. The van der Waals surface area contributed by atoms with E-state index in [1.54, 1.807) is 0 Å². The molecule has 1 heterocycles. The molecule has 0 aromatic carbocycles. The van der Waals surface area contributed by atoms with Crippen LogP contribution in [-0.2, 0) is 4.79 Å². The lowest BCUT2D eigenvalue weighted by molar-refractivity contribution is -0.132. The van der Waals surface area contributed by atoms with Gasteiger partial charge >= 0.3 is 0 Å². The largest absolute Gasteiger partial charge is 0.395 e. The Morgan fingerprint density at radius 3 is 2.88 bits per heavy atom. The van der Waals surface area contributed by atoms with Crippen LogP contribution in [0.2, 0.25) is 0 Å². The van der Waals surface area contributed by atoms with Crippen LogP contribution >= 0.6 is 0 Å². The van der Waals surface area contributed by atoms with Crippen LogP contribution in [-0.4, -0.2) is 48.7 Å². The molecule has 1 rings (SSSR count). The molecule has 0 aromatic heterocycles. The number of nitrogens with one attached hydrogen (secondary N) is 1. The Morgan fingerprint density at radius 2 is 2.29 bits per heavy atom. The Balaban J connectivity index is 2.24. The number of amides is 1. The van der Waals surface area contributed by atoms with E-state index in [1.165, 1.54) is 6.42 Å². The van der Waals surface area contributed by atoms with E-state index in [-0.39, 0.29) is 12.5 Å². The third-order valence-corrected chi connectivity index (χ3v) is 3.43. The molecule has 1 atom stereocenters. The fourth-order valence-electron chi connectivity index (χ4n) is 2.28. The quantitative estimate of drug-likeness (QED) is 0.667. The van der Waals surface area contributed by atoms with Gasteiger partial charge in [-0.2, -0.15) is 0 Å². The minimum absolute atomic E-state index is 0.0699. The van der Waals surface area contributed by atoms with Crippen LogP contribution < -0.4 is 5.32 Å². The molecule has 4 heteroatoms. The molecule has 2 N–H and O–H groups in total. The number of carbonyl (C=O) groups excluding carboxylic acids is 1. The maximum atomic E-state index is 12.0. The summed E-state index contributed by atoms with van der Waals surface area (Å²) in [7, 11) is 0. The van der Waals surface area contributed by atoms with Crippen LogP contribution in [0.15, 0.2) is 0 Å². The van der Waals surface area contributed by atoms with Crippen molar-refractivity contribution in [3.63, 3.8) is 0 Å². The zero-order valence-electron chi connectivity index (χ0n) is 11.0. The molecule has 1 saturated heterocycles. The fraction of sp³-hybridized carbons (Fsp3) is 0.923. The maximum absolute atomic E-state index is 12.0. The standard InChI is InChI=1S/C13H26N2O2/c1-2-3-8-15(9-10-16)13(17)5-4-12-6-7-14-11-12/h12,14,16H,2-11H2,1H3. The summed E-state index contributed by atoms with van der Waals surface area (Å²) in [4.78, 5) is 13.8. The van der Waals surface area contributed by atoms with E-state index in [4.69, 9.17) is 5.11 Å². The Bertz CT molecular complexity index is 215. The highest BCUT2D eigenvalue weighted by Crippen LogP contribution is 2.15. The third-order valence-electron chi connectivity index (χ3n) is 3.43. The van der Waals surface area contributed by atoms with Gasteiger partial charge in [0, 0.05) is 19.5 Å². The minimum Gasteiger partial charge on any atom is -0.395 e. The second-order valence-electron chi connectivity index (χ2n) is 4.86. The van der Waals surface area contributed by atoms with Gasteiger partial charge in [0.2, 0.25) is 5.91 Å². The second kappa shape index (κ2) is 8.48. The molecular formula is C13H26N2O2. The topological polar surface area (TPSA) is 52.6 Å². The third kappa shape index (κ3) is 5.50. The lowest BCUT2D eigenvalue weighted by Gasteiger charge is -2.22. The summed E-state index contributed by atoms with van der Waals surface area (Å²) in [6.45, 7) is 5.62. The van der Waals surface area contributed by atoms with Crippen molar-refractivity contribution in [1.29, 1.82) is 0 Å². The molecule has 100 valence electrons. The molecule has 1 unspecified atom stereocenters. The van der Waals surface area contributed by atoms with Crippen molar-refractivity contribution in [3.8, 4) is 0 Å². The minimum atomic E-state index is 0.0699. The molecule has 0 saturated carbocycles. The summed E-state index contributed by atoms with van der Waals surface area (Å²) in [5.74, 6) is 0.875.